The van der Waals surface area contributed by atoms with Crippen LogP contribution in [0, 0.1) is 0 Å². The molecule has 1 unspecified atom stereocenters. The predicted octanol–water partition coefficient (Wildman–Crippen LogP) is 3.86. The van der Waals surface area contributed by atoms with E-state index in [1.165, 1.54) is 0 Å². The highest BCUT2D eigenvalue weighted by atomic mass is 16.5. The van der Waals surface area contributed by atoms with Gasteiger partial charge in [0, 0.05) is 24.5 Å². The third kappa shape index (κ3) is 3.55. The zero-order chi connectivity index (χ0) is 20.2. The molecule has 0 saturated carbocycles. The molecule has 2 aromatic heterocycles. The fourth-order valence-electron chi connectivity index (χ4n) is 3.99. The van der Waals surface area contributed by atoms with Crippen LogP contribution < -0.4 is 9.47 Å². The molecule has 0 bridgehead atoms. The fraction of sp³-hybridized carbons (Fsp3) is 0.318. The number of rotatable bonds is 5. The van der Waals surface area contributed by atoms with Crippen LogP contribution in [0.15, 0.2) is 48.9 Å². The molecule has 1 saturated heterocycles. The summed E-state index contributed by atoms with van der Waals surface area (Å²) < 4.78 is 10.9. The van der Waals surface area contributed by atoms with E-state index in [9.17, 15) is 4.79 Å². The molecule has 150 valence electrons. The lowest BCUT2D eigenvalue weighted by Gasteiger charge is -2.36. The third-order valence-electron chi connectivity index (χ3n) is 5.40. The van der Waals surface area contributed by atoms with Crippen LogP contribution in [0.3, 0.4) is 0 Å². The molecule has 0 aliphatic carbocycles. The average Bonchev–Trinajstić information content (AvgIpc) is 3.28. The highest BCUT2D eigenvalue weighted by Crippen LogP contribution is 2.38. The van der Waals surface area contributed by atoms with Crippen molar-refractivity contribution in [2.45, 2.75) is 25.3 Å². The van der Waals surface area contributed by atoms with E-state index in [0.29, 0.717) is 23.6 Å². The Morgan fingerprint density at radius 1 is 1.10 bits per heavy atom. The second-order valence-electron chi connectivity index (χ2n) is 6.98. The van der Waals surface area contributed by atoms with Crippen molar-refractivity contribution in [3.05, 3.63) is 60.2 Å². The van der Waals surface area contributed by atoms with E-state index in [-0.39, 0.29) is 11.9 Å². The Hall–Kier alpha value is -3.35. The first kappa shape index (κ1) is 19.0. The summed E-state index contributed by atoms with van der Waals surface area (Å²) in [4.78, 5) is 19.6. The van der Waals surface area contributed by atoms with Crippen molar-refractivity contribution in [3.8, 4) is 22.6 Å². The Kier molecular flexibility index (Phi) is 5.46. The van der Waals surface area contributed by atoms with E-state index in [4.69, 9.17) is 9.47 Å². The number of carbonyl (C=O) groups excluding carboxylic acids is 1. The van der Waals surface area contributed by atoms with Gasteiger partial charge in [0.05, 0.1) is 32.2 Å². The smallest absolute Gasteiger partial charge is 0.261 e. The number of amides is 1. The van der Waals surface area contributed by atoms with E-state index in [2.05, 4.69) is 15.2 Å². The van der Waals surface area contributed by atoms with Crippen LogP contribution in [-0.2, 0) is 0 Å². The first-order valence-electron chi connectivity index (χ1n) is 9.70. The summed E-state index contributed by atoms with van der Waals surface area (Å²) in [5.74, 6) is 0.926. The third-order valence-corrected chi connectivity index (χ3v) is 5.40. The number of carbonyl (C=O) groups is 1. The molecule has 0 radical (unpaired) electrons. The minimum Gasteiger partial charge on any atom is -0.496 e. The van der Waals surface area contributed by atoms with Gasteiger partial charge >= 0.3 is 0 Å². The highest BCUT2D eigenvalue weighted by Gasteiger charge is 2.34. The second kappa shape index (κ2) is 8.34. The van der Waals surface area contributed by atoms with Crippen molar-refractivity contribution in [1.29, 1.82) is 0 Å². The van der Waals surface area contributed by atoms with Crippen molar-refractivity contribution in [2.24, 2.45) is 0 Å². The summed E-state index contributed by atoms with van der Waals surface area (Å²) >= 11 is 0. The lowest BCUT2D eigenvalue weighted by molar-refractivity contribution is 0.0600. The largest absolute Gasteiger partial charge is 0.496 e. The number of aromatic amines is 1. The van der Waals surface area contributed by atoms with Crippen LogP contribution in [0.25, 0.3) is 11.1 Å². The van der Waals surface area contributed by atoms with E-state index in [0.717, 1.165) is 36.1 Å². The molecule has 1 aliphatic rings. The van der Waals surface area contributed by atoms with Gasteiger partial charge in [0.15, 0.2) is 0 Å². The summed E-state index contributed by atoms with van der Waals surface area (Å²) in [5.41, 5.74) is 3.41. The Morgan fingerprint density at radius 3 is 2.52 bits per heavy atom. The number of H-pyrrole nitrogens is 1. The fourth-order valence-corrected chi connectivity index (χ4v) is 3.99. The van der Waals surface area contributed by atoms with Crippen LogP contribution in [0.5, 0.6) is 11.5 Å². The monoisotopic (exact) mass is 392 g/mol. The van der Waals surface area contributed by atoms with Gasteiger partial charge in [-0.2, -0.15) is 5.10 Å². The van der Waals surface area contributed by atoms with E-state index >= 15 is 0 Å². The molecule has 1 N–H and O–H groups in total. The molecule has 1 amide bonds. The molecule has 1 fully saturated rings. The van der Waals surface area contributed by atoms with Crippen molar-refractivity contribution >= 4 is 5.91 Å². The number of piperidine rings is 1. The number of nitrogens with one attached hydrogen (secondary N) is 1. The summed E-state index contributed by atoms with van der Waals surface area (Å²) in [6, 6.07) is 9.19. The molecule has 7 heteroatoms. The van der Waals surface area contributed by atoms with Crippen molar-refractivity contribution in [2.75, 3.05) is 20.8 Å². The summed E-state index contributed by atoms with van der Waals surface area (Å²) in [6.45, 7) is 0.666. The maximum absolute atomic E-state index is 13.6. The van der Waals surface area contributed by atoms with Gasteiger partial charge in [0.2, 0.25) is 0 Å². The van der Waals surface area contributed by atoms with Gasteiger partial charge in [-0.25, -0.2) is 0 Å². The zero-order valence-corrected chi connectivity index (χ0v) is 16.6. The molecular formula is C22H24N4O3. The maximum Gasteiger partial charge on any atom is 0.261 e. The second-order valence-corrected chi connectivity index (χ2v) is 6.98. The highest BCUT2D eigenvalue weighted by molar-refractivity contribution is 6.00. The number of ether oxygens (including phenoxy) is 2. The number of benzene rings is 1. The molecular weight excluding hydrogens is 368 g/mol. The predicted molar refractivity (Wildman–Crippen MR) is 109 cm³/mol. The first-order valence-corrected chi connectivity index (χ1v) is 9.70. The molecule has 3 aromatic rings. The number of hydrogen-bond donors (Lipinski definition) is 1. The van der Waals surface area contributed by atoms with Crippen LogP contribution in [0.2, 0.25) is 0 Å². The Bertz CT molecular complexity index is 964. The topological polar surface area (TPSA) is 80.3 Å². The van der Waals surface area contributed by atoms with Gasteiger partial charge in [-0.15, -0.1) is 0 Å². The number of pyridine rings is 1. The summed E-state index contributed by atoms with van der Waals surface area (Å²) in [5, 5.41) is 7.42. The SMILES string of the molecule is COc1cccc(OC)c1C(=O)N1CCCCC1c1[nH]ncc1-c1ccncc1. The zero-order valence-electron chi connectivity index (χ0n) is 16.6. The van der Waals surface area contributed by atoms with Gasteiger partial charge in [-0.05, 0) is 49.1 Å². The average molecular weight is 392 g/mol. The van der Waals surface area contributed by atoms with E-state index in [1.807, 2.05) is 29.3 Å². The standard InChI is InChI=1S/C22H24N4O3/c1-28-18-7-5-8-19(29-2)20(18)22(27)26-13-4-3-6-17(26)21-16(14-24-25-21)15-9-11-23-12-10-15/h5,7-12,14,17H,3-4,6,13H2,1-2H3,(H,24,25). The number of aromatic nitrogens is 3. The van der Waals surface area contributed by atoms with E-state index in [1.54, 1.807) is 38.7 Å². The molecule has 29 heavy (non-hydrogen) atoms. The van der Waals surface area contributed by atoms with Gasteiger partial charge in [-0.3, -0.25) is 14.9 Å². The Balaban J connectivity index is 1.74. The molecule has 1 aliphatic heterocycles. The van der Waals surface area contributed by atoms with Gasteiger partial charge in [0.25, 0.3) is 5.91 Å². The quantitative estimate of drug-likeness (QED) is 0.713. The molecule has 1 atom stereocenters. The molecule has 1 aromatic carbocycles. The molecule has 4 rings (SSSR count). The van der Waals surface area contributed by atoms with Gasteiger partial charge in [-0.1, -0.05) is 6.07 Å². The van der Waals surface area contributed by atoms with Crippen molar-refractivity contribution in [1.82, 2.24) is 20.1 Å². The molecule has 7 nitrogen and oxygen atoms in total. The number of likely N-dealkylation sites (tertiary alicyclic amines) is 1. The Labute approximate surface area is 169 Å². The van der Waals surface area contributed by atoms with E-state index < -0.39 is 0 Å². The lowest BCUT2D eigenvalue weighted by atomic mass is 9.94. The summed E-state index contributed by atoms with van der Waals surface area (Å²) in [6.07, 6.45) is 8.20. The van der Waals surface area contributed by atoms with Gasteiger partial charge in [0.1, 0.15) is 17.1 Å². The van der Waals surface area contributed by atoms with Gasteiger partial charge < -0.3 is 14.4 Å². The van der Waals surface area contributed by atoms with Crippen LogP contribution in [0.4, 0.5) is 0 Å². The van der Waals surface area contributed by atoms with Crippen molar-refractivity contribution in [3.63, 3.8) is 0 Å². The minimum absolute atomic E-state index is 0.0979. The number of hydrogen-bond acceptors (Lipinski definition) is 5. The Morgan fingerprint density at radius 2 is 1.83 bits per heavy atom. The minimum atomic E-state index is -0.100. The summed E-state index contributed by atoms with van der Waals surface area (Å²) in [7, 11) is 3.13. The van der Waals surface area contributed by atoms with Crippen molar-refractivity contribution < 1.29 is 14.3 Å². The van der Waals surface area contributed by atoms with Crippen LogP contribution in [-0.4, -0.2) is 46.8 Å². The number of methoxy groups -OCH3 is 2. The maximum atomic E-state index is 13.6. The first-order chi connectivity index (χ1) is 14.2. The normalized spacial score (nSPS) is 16.5. The molecule has 3 heterocycles. The van der Waals surface area contributed by atoms with Crippen LogP contribution >= 0.6 is 0 Å². The number of nitrogens with zero attached hydrogens (tertiary/aromatic N) is 3. The van der Waals surface area contributed by atoms with Crippen LogP contribution in [0.1, 0.15) is 41.4 Å². The molecule has 0 spiro atoms. The lowest BCUT2D eigenvalue weighted by Crippen LogP contribution is -2.39.